The van der Waals surface area contributed by atoms with Crippen LogP contribution >= 0.6 is 11.6 Å². The van der Waals surface area contributed by atoms with E-state index < -0.39 is 0 Å². The zero-order valence-electron chi connectivity index (χ0n) is 19.1. The lowest BCUT2D eigenvalue weighted by Crippen LogP contribution is -2.50. The molecule has 1 aliphatic rings. The van der Waals surface area contributed by atoms with Gasteiger partial charge >= 0.3 is 0 Å². The highest BCUT2D eigenvalue weighted by molar-refractivity contribution is 6.31. The van der Waals surface area contributed by atoms with Crippen molar-refractivity contribution in [3.8, 4) is 6.07 Å². The number of nitrogens with zero attached hydrogens (tertiary/aromatic N) is 3. The highest BCUT2D eigenvalue weighted by Gasteiger charge is 2.29. The Bertz CT molecular complexity index is 1160. The predicted molar refractivity (Wildman–Crippen MR) is 136 cm³/mol. The molecule has 1 saturated heterocycles. The van der Waals surface area contributed by atoms with Crippen LogP contribution < -0.4 is 5.32 Å². The third kappa shape index (κ3) is 5.48. The molecule has 3 aromatic rings. The summed E-state index contributed by atoms with van der Waals surface area (Å²) in [5, 5.41) is 13.3. The van der Waals surface area contributed by atoms with E-state index >= 15 is 0 Å². The molecule has 0 spiro atoms. The summed E-state index contributed by atoms with van der Waals surface area (Å²) in [6, 6.07) is 28.6. The molecule has 172 valence electrons. The van der Waals surface area contributed by atoms with E-state index in [0.717, 1.165) is 24.3 Å². The normalized spacial score (nSPS) is 14.6. The number of carbonyl (C=O) groups is 1. The first kappa shape index (κ1) is 23.6. The molecule has 0 unspecified atom stereocenters. The summed E-state index contributed by atoms with van der Waals surface area (Å²) in [6.45, 7) is 4.49. The molecule has 0 aromatic heterocycles. The minimum Gasteiger partial charge on any atom is -0.360 e. The van der Waals surface area contributed by atoms with Crippen molar-refractivity contribution >= 4 is 23.2 Å². The number of aryl methyl sites for hydroxylation is 1. The van der Waals surface area contributed by atoms with Gasteiger partial charge in [0.05, 0.1) is 6.04 Å². The second-order valence-corrected chi connectivity index (χ2v) is 8.74. The van der Waals surface area contributed by atoms with Crippen molar-refractivity contribution in [3.63, 3.8) is 0 Å². The average molecular weight is 471 g/mol. The Hall–Kier alpha value is -3.59. The van der Waals surface area contributed by atoms with Gasteiger partial charge in [0.15, 0.2) is 0 Å². The fraction of sp³-hybridized carbons (Fsp3) is 0.214. The number of hydrogen-bond acceptors (Lipinski definition) is 4. The number of amides is 1. The first-order valence-electron chi connectivity index (χ1n) is 11.3. The van der Waals surface area contributed by atoms with Gasteiger partial charge in [0.25, 0.3) is 5.91 Å². The van der Waals surface area contributed by atoms with Gasteiger partial charge in [0.2, 0.25) is 0 Å². The zero-order valence-corrected chi connectivity index (χ0v) is 19.9. The number of nitriles is 1. The molecule has 34 heavy (non-hydrogen) atoms. The first-order valence-corrected chi connectivity index (χ1v) is 11.7. The zero-order chi connectivity index (χ0) is 23.9. The van der Waals surface area contributed by atoms with Crippen LogP contribution in [0.2, 0.25) is 5.02 Å². The van der Waals surface area contributed by atoms with Gasteiger partial charge in [-0.3, -0.25) is 9.69 Å². The number of anilines is 1. The summed E-state index contributed by atoms with van der Waals surface area (Å²) >= 11 is 6.17. The lowest BCUT2D eigenvalue weighted by Gasteiger charge is -2.39. The maximum Gasteiger partial charge on any atom is 0.266 e. The van der Waals surface area contributed by atoms with Crippen LogP contribution in [0.3, 0.4) is 0 Å². The fourth-order valence-electron chi connectivity index (χ4n) is 4.22. The number of hydrogen-bond donors (Lipinski definition) is 1. The highest BCUT2D eigenvalue weighted by Crippen LogP contribution is 2.29. The van der Waals surface area contributed by atoms with E-state index in [1.165, 1.54) is 17.3 Å². The Morgan fingerprint density at radius 1 is 0.971 bits per heavy atom. The van der Waals surface area contributed by atoms with Crippen LogP contribution in [0.1, 0.15) is 22.7 Å². The molecule has 0 bridgehead atoms. The number of halogens is 1. The lowest BCUT2D eigenvalue weighted by atomic mass is 9.96. The molecule has 0 aliphatic carbocycles. The monoisotopic (exact) mass is 470 g/mol. The molecule has 0 radical (unpaired) electrons. The molecule has 1 aliphatic heterocycles. The van der Waals surface area contributed by atoms with Gasteiger partial charge in [-0.25, -0.2) is 0 Å². The fourth-order valence-corrected chi connectivity index (χ4v) is 4.40. The van der Waals surface area contributed by atoms with E-state index in [-0.39, 0.29) is 17.5 Å². The molecular formula is C28H27ClN4O. The van der Waals surface area contributed by atoms with Gasteiger partial charge in [-0.1, -0.05) is 78.3 Å². The van der Waals surface area contributed by atoms with Crippen molar-refractivity contribution in [1.82, 2.24) is 9.80 Å². The third-order valence-electron chi connectivity index (χ3n) is 6.10. The highest BCUT2D eigenvalue weighted by atomic mass is 35.5. The van der Waals surface area contributed by atoms with Crippen LogP contribution in [0.4, 0.5) is 5.69 Å². The molecule has 3 aromatic carbocycles. The van der Waals surface area contributed by atoms with Crippen molar-refractivity contribution < 1.29 is 4.79 Å². The van der Waals surface area contributed by atoms with Crippen LogP contribution in [-0.4, -0.2) is 41.9 Å². The minimum atomic E-state index is -0.260. The van der Waals surface area contributed by atoms with Gasteiger partial charge in [0.1, 0.15) is 11.6 Å². The molecular weight excluding hydrogens is 444 g/mol. The smallest absolute Gasteiger partial charge is 0.266 e. The largest absolute Gasteiger partial charge is 0.360 e. The molecule has 0 atom stereocenters. The maximum absolute atomic E-state index is 13.0. The Kier molecular flexibility index (Phi) is 7.64. The van der Waals surface area contributed by atoms with Crippen LogP contribution in [0.15, 0.2) is 90.6 Å². The third-order valence-corrected chi connectivity index (χ3v) is 6.51. The van der Waals surface area contributed by atoms with Crippen molar-refractivity contribution in [1.29, 1.82) is 5.26 Å². The Morgan fingerprint density at radius 2 is 1.56 bits per heavy atom. The summed E-state index contributed by atoms with van der Waals surface area (Å²) in [5.41, 5.74) is 4.23. The Balaban J connectivity index is 1.44. The summed E-state index contributed by atoms with van der Waals surface area (Å²) in [5.74, 6) is -0.260. The topological polar surface area (TPSA) is 59.4 Å². The Labute approximate surface area is 205 Å². The predicted octanol–water partition coefficient (Wildman–Crippen LogP) is 5.40. The van der Waals surface area contributed by atoms with E-state index in [0.29, 0.717) is 18.1 Å². The standard InChI is InChI=1S/C28H27ClN4O/c1-21-12-13-25(18-26(21)29)31-20-24(19-30)28(34)33-16-14-32(15-17-33)27(22-8-4-2-5-9-22)23-10-6-3-7-11-23/h2-13,18,20,27,31H,14-17H2,1H3/b24-20-. The van der Waals surface area contributed by atoms with Gasteiger partial charge in [-0.2, -0.15) is 5.26 Å². The van der Waals surface area contributed by atoms with Crippen LogP contribution in [0.5, 0.6) is 0 Å². The van der Waals surface area contributed by atoms with Crippen LogP contribution in [0.25, 0.3) is 0 Å². The number of nitrogens with one attached hydrogen (secondary N) is 1. The number of piperazine rings is 1. The summed E-state index contributed by atoms with van der Waals surface area (Å²) < 4.78 is 0. The van der Waals surface area contributed by atoms with E-state index in [1.807, 2.05) is 37.3 Å². The molecule has 1 amide bonds. The summed E-state index contributed by atoms with van der Waals surface area (Å²) in [7, 11) is 0. The molecule has 5 nitrogen and oxygen atoms in total. The molecule has 1 heterocycles. The van der Waals surface area contributed by atoms with Crippen LogP contribution in [-0.2, 0) is 4.79 Å². The van der Waals surface area contributed by atoms with Gasteiger partial charge in [-0.15, -0.1) is 0 Å². The Morgan fingerprint density at radius 3 is 2.09 bits per heavy atom. The number of carbonyl (C=O) groups excluding carboxylic acids is 1. The van der Waals surface area contributed by atoms with Gasteiger partial charge in [0, 0.05) is 43.1 Å². The number of rotatable bonds is 6. The molecule has 1 N–H and O–H groups in total. The molecule has 6 heteroatoms. The van der Waals surface area contributed by atoms with Crippen LogP contribution in [0, 0.1) is 18.3 Å². The second-order valence-electron chi connectivity index (χ2n) is 8.33. The molecule has 1 fully saturated rings. The summed E-state index contributed by atoms with van der Waals surface area (Å²) in [6.07, 6.45) is 1.46. The number of benzene rings is 3. The molecule has 0 saturated carbocycles. The van der Waals surface area contributed by atoms with Crippen molar-refractivity contribution in [3.05, 3.63) is 112 Å². The first-order chi connectivity index (χ1) is 16.6. The van der Waals surface area contributed by atoms with Crippen molar-refractivity contribution in [2.24, 2.45) is 0 Å². The summed E-state index contributed by atoms with van der Waals surface area (Å²) in [4.78, 5) is 17.2. The molecule has 4 rings (SSSR count). The van der Waals surface area contributed by atoms with Crippen molar-refractivity contribution in [2.75, 3.05) is 31.5 Å². The average Bonchev–Trinajstić information content (AvgIpc) is 2.88. The van der Waals surface area contributed by atoms with Gasteiger partial charge in [-0.05, 0) is 35.7 Å². The SMILES string of the molecule is Cc1ccc(N/C=C(/C#N)C(=O)N2CCN(C(c3ccccc3)c3ccccc3)CC2)cc1Cl. The van der Waals surface area contributed by atoms with E-state index in [9.17, 15) is 10.1 Å². The van der Waals surface area contributed by atoms with E-state index in [4.69, 9.17) is 11.6 Å². The second kappa shape index (κ2) is 11.0. The van der Waals surface area contributed by atoms with Gasteiger partial charge < -0.3 is 10.2 Å². The van der Waals surface area contributed by atoms with E-state index in [2.05, 4.69) is 58.7 Å². The lowest BCUT2D eigenvalue weighted by molar-refractivity contribution is -0.128. The minimum absolute atomic E-state index is 0.0767. The quantitative estimate of drug-likeness (QED) is 0.387. The van der Waals surface area contributed by atoms with E-state index in [1.54, 1.807) is 11.0 Å². The maximum atomic E-state index is 13.0. The van der Waals surface area contributed by atoms with Crippen molar-refractivity contribution in [2.45, 2.75) is 13.0 Å².